The highest BCUT2D eigenvalue weighted by molar-refractivity contribution is 8.00. The maximum Gasteiger partial charge on any atom is 0.251 e. The third-order valence-corrected chi connectivity index (χ3v) is 5.97. The van der Waals surface area contributed by atoms with Gasteiger partial charge in [-0.1, -0.05) is 0 Å². The standard InChI is InChI=1S/C19H24F2N4OS/c1-4-24(18(26)14(3)27-9-7-15-10-19(15,20)21)17-12-25(23-13(17)2)16-6-5-8-22-11-16/h5-6,8,11-12,14-15H,4,7,9-10H2,1-3H3. The average Bonchev–Trinajstić information content (AvgIpc) is 3.08. The molecule has 146 valence electrons. The van der Waals surface area contributed by atoms with E-state index in [4.69, 9.17) is 0 Å². The fraction of sp³-hybridized carbons (Fsp3) is 0.526. The van der Waals surface area contributed by atoms with Crippen LogP contribution < -0.4 is 4.90 Å². The number of halogens is 2. The number of carbonyl (C=O) groups excluding carboxylic acids is 1. The molecule has 2 unspecified atom stereocenters. The van der Waals surface area contributed by atoms with Crippen LogP contribution >= 0.6 is 11.8 Å². The summed E-state index contributed by atoms with van der Waals surface area (Å²) in [4.78, 5) is 18.7. The fourth-order valence-electron chi connectivity index (χ4n) is 3.04. The van der Waals surface area contributed by atoms with Crippen molar-refractivity contribution in [3.05, 3.63) is 36.4 Å². The van der Waals surface area contributed by atoms with Crippen LogP contribution in [0.4, 0.5) is 14.5 Å². The molecule has 2 atom stereocenters. The van der Waals surface area contributed by atoms with Crippen LogP contribution in [0.5, 0.6) is 0 Å². The minimum Gasteiger partial charge on any atom is -0.309 e. The molecule has 0 aromatic carbocycles. The zero-order chi connectivity index (χ0) is 19.6. The quantitative estimate of drug-likeness (QED) is 0.677. The number of rotatable bonds is 8. The van der Waals surface area contributed by atoms with Crippen LogP contribution in [0.1, 0.15) is 32.4 Å². The summed E-state index contributed by atoms with van der Waals surface area (Å²) in [5, 5.41) is 4.20. The fourth-order valence-corrected chi connectivity index (χ4v) is 4.09. The van der Waals surface area contributed by atoms with E-state index in [-0.39, 0.29) is 17.6 Å². The minimum atomic E-state index is -2.48. The second-order valence-corrected chi connectivity index (χ2v) is 8.25. The molecule has 8 heteroatoms. The van der Waals surface area contributed by atoms with E-state index in [1.807, 2.05) is 39.1 Å². The molecule has 1 saturated carbocycles. The van der Waals surface area contributed by atoms with Crippen molar-refractivity contribution in [1.29, 1.82) is 0 Å². The first-order valence-corrected chi connectivity index (χ1v) is 10.2. The van der Waals surface area contributed by atoms with Gasteiger partial charge in [0.1, 0.15) is 0 Å². The summed E-state index contributed by atoms with van der Waals surface area (Å²) >= 11 is 1.44. The molecule has 3 rings (SSSR count). The molecule has 1 aliphatic rings. The van der Waals surface area contributed by atoms with Gasteiger partial charge in [0, 0.05) is 25.1 Å². The van der Waals surface area contributed by atoms with Crippen molar-refractivity contribution < 1.29 is 13.6 Å². The maximum atomic E-state index is 13.0. The zero-order valence-corrected chi connectivity index (χ0v) is 16.5. The topological polar surface area (TPSA) is 51.0 Å². The number of carbonyl (C=O) groups is 1. The van der Waals surface area contributed by atoms with Crippen molar-refractivity contribution in [2.24, 2.45) is 5.92 Å². The number of hydrogen-bond donors (Lipinski definition) is 0. The van der Waals surface area contributed by atoms with Crippen molar-refractivity contribution in [3.8, 4) is 5.69 Å². The molecule has 0 bridgehead atoms. The number of pyridine rings is 1. The molecule has 0 spiro atoms. The highest BCUT2D eigenvalue weighted by atomic mass is 32.2. The summed E-state index contributed by atoms with van der Waals surface area (Å²) in [6, 6.07) is 3.73. The van der Waals surface area contributed by atoms with Crippen molar-refractivity contribution >= 4 is 23.4 Å². The van der Waals surface area contributed by atoms with Crippen LogP contribution in [0.15, 0.2) is 30.7 Å². The van der Waals surface area contributed by atoms with Crippen molar-refractivity contribution in [3.63, 3.8) is 0 Å². The van der Waals surface area contributed by atoms with Gasteiger partial charge in [-0.3, -0.25) is 9.78 Å². The number of hydrogen-bond acceptors (Lipinski definition) is 4. The summed E-state index contributed by atoms with van der Waals surface area (Å²) in [5.74, 6) is -2.45. The van der Waals surface area contributed by atoms with E-state index in [1.165, 1.54) is 11.8 Å². The summed E-state index contributed by atoms with van der Waals surface area (Å²) in [6.07, 6.45) is 5.68. The molecule has 0 N–H and O–H groups in total. The zero-order valence-electron chi connectivity index (χ0n) is 15.7. The molecule has 2 aromatic rings. The lowest BCUT2D eigenvalue weighted by molar-refractivity contribution is -0.117. The molecular weight excluding hydrogens is 370 g/mol. The molecule has 2 aromatic heterocycles. The SMILES string of the molecule is CCN(C(=O)C(C)SCCC1CC1(F)F)c1cn(-c2cccnc2)nc1C. The lowest BCUT2D eigenvalue weighted by atomic mass is 10.3. The molecule has 0 aliphatic heterocycles. The Morgan fingerprint density at radius 1 is 1.52 bits per heavy atom. The van der Waals surface area contributed by atoms with Crippen LogP contribution in [0.3, 0.4) is 0 Å². The minimum absolute atomic E-state index is 0.0102. The second kappa shape index (κ2) is 7.96. The lowest BCUT2D eigenvalue weighted by Gasteiger charge is -2.23. The van der Waals surface area contributed by atoms with Crippen molar-refractivity contribution in [2.45, 2.75) is 44.8 Å². The Bertz CT molecular complexity index is 796. The van der Waals surface area contributed by atoms with Gasteiger partial charge in [-0.05, 0) is 45.1 Å². The number of nitrogens with zero attached hydrogens (tertiary/aromatic N) is 4. The van der Waals surface area contributed by atoms with E-state index in [1.54, 1.807) is 22.0 Å². The van der Waals surface area contributed by atoms with Crippen molar-refractivity contribution in [1.82, 2.24) is 14.8 Å². The van der Waals surface area contributed by atoms with E-state index in [2.05, 4.69) is 10.1 Å². The van der Waals surface area contributed by atoms with Crippen LogP contribution in [0.25, 0.3) is 5.69 Å². The number of aromatic nitrogens is 3. The van der Waals surface area contributed by atoms with Gasteiger partial charge in [-0.15, -0.1) is 11.8 Å². The third kappa shape index (κ3) is 4.48. The molecule has 0 radical (unpaired) electrons. The summed E-state index contributed by atoms with van der Waals surface area (Å²) in [7, 11) is 0. The summed E-state index contributed by atoms with van der Waals surface area (Å²) in [5.41, 5.74) is 2.33. The third-order valence-electron chi connectivity index (χ3n) is 4.79. The number of thioether (sulfide) groups is 1. The van der Waals surface area contributed by atoms with Gasteiger partial charge in [-0.2, -0.15) is 5.10 Å². The number of aryl methyl sites for hydroxylation is 1. The van der Waals surface area contributed by atoms with Gasteiger partial charge in [0.2, 0.25) is 5.91 Å². The highest BCUT2D eigenvalue weighted by Gasteiger charge is 2.55. The van der Waals surface area contributed by atoms with E-state index in [9.17, 15) is 13.6 Å². The summed E-state index contributed by atoms with van der Waals surface area (Å²) < 4.78 is 27.7. The predicted molar refractivity (Wildman–Crippen MR) is 104 cm³/mol. The smallest absolute Gasteiger partial charge is 0.251 e. The first kappa shape index (κ1) is 19.8. The van der Waals surface area contributed by atoms with Crippen LogP contribution in [0, 0.1) is 12.8 Å². The molecule has 1 fully saturated rings. The van der Waals surface area contributed by atoms with E-state index >= 15 is 0 Å². The maximum absolute atomic E-state index is 13.0. The number of anilines is 1. The highest BCUT2D eigenvalue weighted by Crippen LogP contribution is 2.51. The second-order valence-electron chi connectivity index (χ2n) is 6.80. The predicted octanol–water partition coefficient (Wildman–Crippen LogP) is 4.10. The van der Waals surface area contributed by atoms with Gasteiger partial charge in [0.25, 0.3) is 5.92 Å². The molecule has 2 heterocycles. The van der Waals surface area contributed by atoms with Crippen LogP contribution in [-0.4, -0.2) is 44.1 Å². The Morgan fingerprint density at radius 2 is 2.26 bits per heavy atom. The van der Waals surface area contributed by atoms with E-state index < -0.39 is 11.8 Å². The van der Waals surface area contributed by atoms with Crippen LogP contribution in [0.2, 0.25) is 0 Å². The van der Waals surface area contributed by atoms with E-state index in [0.717, 1.165) is 17.1 Å². The molecule has 1 aliphatic carbocycles. The normalized spacial score (nSPS) is 18.9. The molecule has 27 heavy (non-hydrogen) atoms. The Labute approximate surface area is 162 Å². The van der Waals surface area contributed by atoms with E-state index in [0.29, 0.717) is 18.7 Å². The average molecular weight is 394 g/mol. The van der Waals surface area contributed by atoms with Gasteiger partial charge in [0.15, 0.2) is 0 Å². The van der Waals surface area contributed by atoms with Gasteiger partial charge < -0.3 is 4.90 Å². The first-order chi connectivity index (χ1) is 12.8. The lowest BCUT2D eigenvalue weighted by Crippen LogP contribution is -2.36. The largest absolute Gasteiger partial charge is 0.309 e. The Hall–Kier alpha value is -1.96. The Balaban J connectivity index is 1.65. The van der Waals surface area contributed by atoms with Crippen LogP contribution in [-0.2, 0) is 4.79 Å². The molecular formula is C19H24F2N4OS. The number of amides is 1. The van der Waals surface area contributed by atoms with Gasteiger partial charge in [0.05, 0.1) is 34.7 Å². The van der Waals surface area contributed by atoms with Gasteiger partial charge in [-0.25, -0.2) is 13.5 Å². The summed E-state index contributed by atoms with van der Waals surface area (Å²) in [6.45, 7) is 6.14. The Kier molecular flexibility index (Phi) is 5.83. The molecule has 5 nitrogen and oxygen atoms in total. The molecule has 0 saturated heterocycles. The monoisotopic (exact) mass is 394 g/mol. The van der Waals surface area contributed by atoms with Crippen molar-refractivity contribution in [2.75, 3.05) is 17.2 Å². The number of alkyl halides is 2. The Morgan fingerprint density at radius 3 is 2.85 bits per heavy atom. The first-order valence-electron chi connectivity index (χ1n) is 9.11. The molecule has 1 amide bonds. The van der Waals surface area contributed by atoms with Gasteiger partial charge >= 0.3 is 0 Å².